The monoisotopic (exact) mass is 588 g/mol. The molecule has 2 aromatic rings. The Morgan fingerprint density at radius 1 is 1.02 bits per heavy atom. The molecule has 1 aliphatic carbocycles. The largest absolute Gasteiger partial charge is 0.443 e. The number of hydrogen-bond acceptors (Lipinski definition) is 6. The van der Waals surface area contributed by atoms with E-state index in [0.29, 0.717) is 22.0 Å². The maximum atomic E-state index is 13.5. The summed E-state index contributed by atoms with van der Waals surface area (Å²) in [5.74, 6) is -1.16. The number of rotatable bonds is 6. The van der Waals surface area contributed by atoms with Crippen LogP contribution in [0.5, 0.6) is 0 Å². The van der Waals surface area contributed by atoms with Gasteiger partial charge in [-0.05, 0) is 95.3 Å². The minimum atomic E-state index is -4.68. The molecule has 2 aromatic carbocycles. The van der Waals surface area contributed by atoms with Crippen LogP contribution in [0.15, 0.2) is 53.4 Å². The zero-order valence-corrected chi connectivity index (χ0v) is 23.3. The number of halogens is 4. The molecule has 0 aromatic heterocycles. The van der Waals surface area contributed by atoms with E-state index < -0.39 is 67.8 Å². The highest BCUT2D eigenvalue weighted by Gasteiger charge is 2.46. The van der Waals surface area contributed by atoms with E-state index in [0.717, 1.165) is 12.1 Å². The van der Waals surface area contributed by atoms with Gasteiger partial charge >= 0.3 is 12.3 Å². The van der Waals surface area contributed by atoms with E-state index in [2.05, 4.69) is 5.32 Å². The van der Waals surface area contributed by atoms with Gasteiger partial charge in [-0.15, -0.1) is 0 Å². The second-order valence-electron chi connectivity index (χ2n) is 10.8. The molecular formula is C27H32F4N2O6S. The number of aliphatic hydroxyl groups is 1. The molecule has 0 heterocycles. The van der Waals surface area contributed by atoms with Crippen LogP contribution in [0.4, 0.5) is 22.4 Å². The van der Waals surface area contributed by atoms with Crippen molar-refractivity contribution in [2.75, 3.05) is 0 Å². The lowest BCUT2D eigenvalue weighted by Gasteiger charge is -2.40. The number of carbonyl (C=O) groups excluding carboxylic acids is 2. The Labute approximate surface area is 230 Å². The first kappa shape index (κ1) is 31.3. The molecule has 0 spiro atoms. The molecular weight excluding hydrogens is 556 g/mol. The van der Waals surface area contributed by atoms with E-state index in [9.17, 15) is 40.7 Å². The third-order valence-electron chi connectivity index (χ3n) is 6.57. The van der Waals surface area contributed by atoms with E-state index >= 15 is 0 Å². The standard InChI is InChI=1S/C27H32F4N2O6S/c1-17(18-5-9-20(28)10-6-18)32-23(34)26(36)15-13-21(14-16-26)33(24(35)39-25(2,3)4)40(37,38)22-11-7-19(8-12-22)27(29,30)31/h5-12,17,21,36H,13-16H2,1-4H3,(H,32,34)/t17-,21-,26+/m1/s1. The summed E-state index contributed by atoms with van der Waals surface area (Å²) in [5.41, 5.74) is -3.41. The van der Waals surface area contributed by atoms with Crippen LogP contribution in [-0.4, -0.2) is 47.1 Å². The van der Waals surface area contributed by atoms with E-state index in [4.69, 9.17) is 4.74 Å². The number of benzene rings is 2. The van der Waals surface area contributed by atoms with Crippen LogP contribution in [0.3, 0.4) is 0 Å². The van der Waals surface area contributed by atoms with Crippen LogP contribution in [0.2, 0.25) is 0 Å². The van der Waals surface area contributed by atoms with Crippen molar-refractivity contribution < 1.29 is 45.4 Å². The highest BCUT2D eigenvalue weighted by atomic mass is 32.2. The maximum Gasteiger partial charge on any atom is 0.424 e. The van der Waals surface area contributed by atoms with E-state index in [1.165, 1.54) is 45.0 Å². The number of carbonyl (C=O) groups is 2. The molecule has 0 aliphatic heterocycles. The summed E-state index contributed by atoms with van der Waals surface area (Å²) in [4.78, 5) is 25.5. The average molecular weight is 589 g/mol. The Morgan fingerprint density at radius 2 is 1.55 bits per heavy atom. The highest BCUT2D eigenvalue weighted by molar-refractivity contribution is 7.89. The summed E-state index contributed by atoms with van der Waals surface area (Å²) in [6, 6.07) is 6.59. The third-order valence-corrected chi connectivity index (χ3v) is 8.40. The minimum Gasteiger partial charge on any atom is -0.443 e. The molecule has 2 N–H and O–H groups in total. The lowest BCUT2D eigenvalue weighted by Crippen LogP contribution is -2.54. The summed E-state index contributed by atoms with van der Waals surface area (Å²) >= 11 is 0. The molecule has 13 heteroatoms. The second kappa shape index (κ2) is 11.4. The van der Waals surface area contributed by atoms with Gasteiger partial charge in [0.25, 0.3) is 15.9 Å². The van der Waals surface area contributed by atoms with Gasteiger partial charge in [0.2, 0.25) is 0 Å². The van der Waals surface area contributed by atoms with Crippen LogP contribution >= 0.6 is 0 Å². The van der Waals surface area contributed by atoms with Crippen LogP contribution in [-0.2, 0) is 25.7 Å². The lowest BCUT2D eigenvalue weighted by molar-refractivity contribution is -0.144. The van der Waals surface area contributed by atoms with Gasteiger partial charge in [0.1, 0.15) is 17.0 Å². The Kier molecular flexibility index (Phi) is 8.90. The number of nitrogens with one attached hydrogen (secondary N) is 1. The maximum absolute atomic E-state index is 13.5. The molecule has 0 saturated heterocycles. The fraction of sp³-hybridized carbons (Fsp3) is 0.481. The molecule has 0 bridgehead atoms. The van der Waals surface area contributed by atoms with Crippen molar-refractivity contribution in [2.45, 2.75) is 87.7 Å². The average Bonchev–Trinajstić information content (AvgIpc) is 2.84. The van der Waals surface area contributed by atoms with Gasteiger partial charge in [-0.3, -0.25) is 4.79 Å². The van der Waals surface area contributed by atoms with Crippen molar-refractivity contribution in [1.29, 1.82) is 0 Å². The SMILES string of the molecule is C[C@@H](NC(=O)[C@]1(O)CC[C@@H](N(C(=O)OC(C)(C)C)S(=O)(=O)c2ccc(C(F)(F)F)cc2)CC1)c1ccc(F)cc1. The normalized spacial score (nSPS) is 20.9. The molecule has 1 aliphatic rings. The van der Waals surface area contributed by atoms with Gasteiger partial charge in [-0.2, -0.15) is 17.5 Å². The fourth-order valence-electron chi connectivity index (χ4n) is 4.39. The summed E-state index contributed by atoms with van der Waals surface area (Å²) in [7, 11) is -4.67. The predicted molar refractivity (Wildman–Crippen MR) is 137 cm³/mol. The number of nitrogens with zero attached hydrogens (tertiary/aromatic N) is 1. The molecule has 3 rings (SSSR count). The van der Waals surface area contributed by atoms with Crippen molar-refractivity contribution >= 4 is 22.0 Å². The van der Waals surface area contributed by atoms with Gasteiger partial charge in [-0.1, -0.05) is 12.1 Å². The zero-order valence-electron chi connectivity index (χ0n) is 22.5. The third kappa shape index (κ3) is 7.30. The smallest absolute Gasteiger partial charge is 0.424 e. The molecule has 0 radical (unpaired) electrons. The topological polar surface area (TPSA) is 113 Å². The Morgan fingerprint density at radius 3 is 2.02 bits per heavy atom. The van der Waals surface area contributed by atoms with Gasteiger partial charge in [0.15, 0.2) is 0 Å². The second-order valence-corrected chi connectivity index (χ2v) is 12.6. The summed E-state index contributed by atoms with van der Waals surface area (Å²) in [6.45, 7) is 6.24. The van der Waals surface area contributed by atoms with E-state index in [-0.39, 0.29) is 25.7 Å². The predicted octanol–water partition coefficient (Wildman–Crippen LogP) is 5.32. The summed E-state index contributed by atoms with van der Waals surface area (Å²) < 4.78 is 85.1. The van der Waals surface area contributed by atoms with E-state index in [1.807, 2.05) is 0 Å². The van der Waals surface area contributed by atoms with Crippen LogP contribution in [0, 0.1) is 5.82 Å². The van der Waals surface area contributed by atoms with Gasteiger partial charge in [0.05, 0.1) is 22.5 Å². The van der Waals surface area contributed by atoms with Gasteiger partial charge in [0, 0.05) is 0 Å². The molecule has 0 unspecified atom stereocenters. The molecule has 1 atom stereocenters. The minimum absolute atomic E-state index is 0.117. The first-order valence-corrected chi connectivity index (χ1v) is 14.0. The summed E-state index contributed by atoms with van der Waals surface area (Å²) in [5, 5.41) is 13.7. The molecule has 40 heavy (non-hydrogen) atoms. The number of alkyl halides is 3. The van der Waals surface area contributed by atoms with Crippen molar-refractivity contribution in [3.05, 3.63) is 65.5 Å². The van der Waals surface area contributed by atoms with Crippen LogP contribution < -0.4 is 5.32 Å². The Bertz CT molecular complexity index is 1310. The quantitative estimate of drug-likeness (QED) is 0.442. The molecule has 220 valence electrons. The number of sulfonamides is 1. The van der Waals surface area contributed by atoms with Crippen molar-refractivity contribution in [3.8, 4) is 0 Å². The van der Waals surface area contributed by atoms with Crippen LogP contribution in [0.25, 0.3) is 0 Å². The molecule has 1 saturated carbocycles. The molecule has 8 nitrogen and oxygen atoms in total. The fourth-order valence-corrected chi connectivity index (χ4v) is 5.93. The van der Waals surface area contributed by atoms with Crippen LogP contribution in [0.1, 0.15) is 70.5 Å². The van der Waals surface area contributed by atoms with Gasteiger partial charge < -0.3 is 15.2 Å². The molecule has 1 fully saturated rings. The first-order chi connectivity index (χ1) is 18.3. The Balaban J connectivity index is 1.82. The summed E-state index contributed by atoms with van der Waals surface area (Å²) in [6.07, 6.45) is -6.56. The zero-order chi connectivity index (χ0) is 30.1. The van der Waals surface area contributed by atoms with Crippen molar-refractivity contribution in [1.82, 2.24) is 9.62 Å². The van der Waals surface area contributed by atoms with Gasteiger partial charge in [-0.25, -0.2) is 17.6 Å². The van der Waals surface area contributed by atoms with Crippen molar-refractivity contribution in [2.24, 2.45) is 0 Å². The number of amides is 2. The van der Waals surface area contributed by atoms with E-state index in [1.54, 1.807) is 6.92 Å². The number of ether oxygens (including phenoxy) is 1. The highest BCUT2D eigenvalue weighted by Crippen LogP contribution is 2.36. The molecule has 2 amide bonds. The van der Waals surface area contributed by atoms with Crippen molar-refractivity contribution in [3.63, 3.8) is 0 Å². The lowest BCUT2D eigenvalue weighted by atomic mass is 9.81. The Hall–Kier alpha value is -3.19. The number of hydrogen-bond donors (Lipinski definition) is 2. The first-order valence-electron chi connectivity index (χ1n) is 12.6.